The third-order valence-corrected chi connectivity index (χ3v) is 4.09. The Kier molecular flexibility index (Phi) is 4.45. The lowest BCUT2D eigenvalue weighted by Crippen LogP contribution is -2.27. The number of nitrogens with zero attached hydrogens (tertiary/aromatic N) is 1. The highest BCUT2D eigenvalue weighted by atomic mass is 127. The fourth-order valence-electron chi connectivity index (χ4n) is 2.17. The predicted molar refractivity (Wildman–Crippen MR) is 76.6 cm³/mol. The van der Waals surface area contributed by atoms with E-state index in [9.17, 15) is 22.8 Å². The number of amides is 1. The van der Waals surface area contributed by atoms with E-state index in [1.54, 1.807) is 22.6 Å². The lowest BCUT2D eigenvalue weighted by atomic mass is 10.1. The van der Waals surface area contributed by atoms with Crippen molar-refractivity contribution in [3.05, 3.63) is 27.3 Å². The molecule has 8 heteroatoms. The molecule has 1 fully saturated rings. The molecule has 0 aromatic heterocycles. The number of rotatable bonds is 2. The van der Waals surface area contributed by atoms with Gasteiger partial charge in [-0.1, -0.05) is 0 Å². The summed E-state index contributed by atoms with van der Waals surface area (Å²) < 4.78 is 42.8. The lowest BCUT2D eigenvalue weighted by Gasteiger charge is -2.19. The van der Waals surface area contributed by atoms with Crippen LogP contribution >= 0.6 is 22.6 Å². The Morgan fingerprint density at radius 3 is 2.62 bits per heavy atom. The maximum Gasteiger partial charge on any atom is 0.416 e. The predicted octanol–water partition coefficient (Wildman–Crippen LogP) is 2.84. The average molecular weight is 413 g/mol. The van der Waals surface area contributed by atoms with Gasteiger partial charge in [0.15, 0.2) is 0 Å². The van der Waals surface area contributed by atoms with Crippen LogP contribution in [0.1, 0.15) is 12.0 Å². The highest BCUT2D eigenvalue weighted by Gasteiger charge is 2.37. The standard InChI is InChI=1S/C13H11F3INO3/c1-21-12(20)7-4-11(19)18(6-7)10-3-2-8(5-9(10)17)13(14,15)16/h2-3,5,7H,4,6H2,1H3. The van der Waals surface area contributed by atoms with Crippen LogP contribution in [0, 0.1) is 9.49 Å². The molecule has 2 rings (SSSR count). The van der Waals surface area contributed by atoms with Crippen LogP contribution in [0.2, 0.25) is 0 Å². The third-order valence-electron chi connectivity index (χ3n) is 3.23. The van der Waals surface area contributed by atoms with Crippen LogP contribution in [-0.4, -0.2) is 25.5 Å². The molecule has 1 aliphatic heterocycles. The van der Waals surface area contributed by atoms with Crippen molar-refractivity contribution >= 4 is 40.2 Å². The molecule has 1 aromatic rings. The summed E-state index contributed by atoms with van der Waals surface area (Å²) in [6, 6.07) is 3.16. The van der Waals surface area contributed by atoms with Gasteiger partial charge in [-0.3, -0.25) is 9.59 Å². The van der Waals surface area contributed by atoms with Crippen molar-refractivity contribution in [3.63, 3.8) is 0 Å². The van der Waals surface area contributed by atoms with Crippen LogP contribution in [0.4, 0.5) is 18.9 Å². The second-order valence-electron chi connectivity index (χ2n) is 4.59. The second-order valence-corrected chi connectivity index (χ2v) is 5.75. The summed E-state index contributed by atoms with van der Waals surface area (Å²) in [7, 11) is 1.23. The largest absolute Gasteiger partial charge is 0.469 e. The van der Waals surface area contributed by atoms with E-state index >= 15 is 0 Å². The van der Waals surface area contributed by atoms with E-state index in [1.165, 1.54) is 18.1 Å². The van der Waals surface area contributed by atoms with Gasteiger partial charge in [-0.05, 0) is 40.8 Å². The van der Waals surface area contributed by atoms with Gasteiger partial charge in [-0.2, -0.15) is 13.2 Å². The Labute approximate surface area is 132 Å². The van der Waals surface area contributed by atoms with E-state index in [4.69, 9.17) is 0 Å². The number of methoxy groups -OCH3 is 1. The third kappa shape index (κ3) is 3.30. The quantitative estimate of drug-likeness (QED) is 0.554. The van der Waals surface area contributed by atoms with Gasteiger partial charge in [0.25, 0.3) is 0 Å². The number of halogens is 4. The molecular weight excluding hydrogens is 402 g/mol. The minimum atomic E-state index is -4.43. The van der Waals surface area contributed by atoms with Crippen molar-refractivity contribution in [2.45, 2.75) is 12.6 Å². The van der Waals surface area contributed by atoms with E-state index in [0.717, 1.165) is 12.1 Å². The number of esters is 1. The molecule has 0 radical (unpaired) electrons. The Morgan fingerprint density at radius 2 is 2.10 bits per heavy atom. The molecule has 1 aliphatic rings. The van der Waals surface area contributed by atoms with Gasteiger partial charge in [-0.15, -0.1) is 0 Å². The average Bonchev–Trinajstić information content (AvgIpc) is 2.78. The van der Waals surface area contributed by atoms with Gasteiger partial charge >= 0.3 is 12.1 Å². The zero-order chi connectivity index (χ0) is 15.8. The van der Waals surface area contributed by atoms with Crippen molar-refractivity contribution < 1.29 is 27.5 Å². The van der Waals surface area contributed by atoms with Crippen LogP contribution in [0.5, 0.6) is 0 Å². The molecule has 1 unspecified atom stereocenters. The van der Waals surface area contributed by atoms with Gasteiger partial charge < -0.3 is 9.64 Å². The first-order valence-electron chi connectivity index (χ1n) is 5.99. The van der Waals surface area contributed by atoms with E-state index in [0.29, 0.717) is 9.26 Å². The normalized spacial score (nSPS) is 19.0. The fourth-order valence-corrected chi connectivity index (χ4v) is 2.97. The zero-order valence-electron chi connectivity index (χ0n) is 10.9. The molecule has 0 N–H and O–H groups in total. The SMILES string of the molecule is COC(=O)C1CC(=O)N(c2ccc(C(F)(F)F)cc2I)C1. The molecule has 114 valence electrons. The number of alkyl halides is 3. The number of hydrogen-bond acceptors (Lipinski definition) is 3. The summed E-state index contributed by atoms with van der Waals surface area (Å²) in [6.07, 6.45) is -4.42. The maximum absolute atomic E-state index is 12.6. The molecule has 1 saturated heterocycles. The van der Waals surface area contributed by atoms with Crippen LogP contribution < -0.4 is 4.90 Å². The monoisotopic (exact) mass is 413 g/mol. The van der Waals surface area contributed by atoms with Gasteiger partial charge in [0.05, 0.1) is 24.3 Å². The highest BCUT2D eigenvalue weighted by Crippen LogP contribution is 2.35. The minimum Gasteiger partial charge on any atom is -0.469 e. The molecule has 21 heavy (non-hydrogen) atoms. The molecular formula is C13H11F3INO3. The van der Waals surface area contributed by atoms with E-state index in [2.05, 4.69) is 4.74 Å². The molecule has 1 aromatic carbocycles. The topological polar surface area (TPSA) is 46.6 Å². The van der Waals surface area contributed by atoms with Gasteiger partial charge in [0.2, 0.25) is 5.91 Å². The van der Waals surface area contributed by atoms with Crippen LogP contribution in [0.15, 0.2) is 18.2 Å². The van der Waals surface area contributed by atoms with Crippen molar-refractivity contribution in [2.75, 3.05) is 18.6 Å². The number of benzene rings is 1. The molecule has 0 bridgehead atoms. The molecule has 0 aliphatic carbocycles. The van der Waals surface area contributed by atoms with Crippen LogP contribution in [-0.2, 0) is 20.5 Å². The number of hydrogen-bond donors (Lipinski definition) is 0. The molecule has 4 nitrogen and oxygen atoms in total. The Bertz CT molecular complexity index is 589. The van der Waals surface area contributed by atoms with Crippen LogP contribution in [0.25, 0.3) is 0 Å². The first-order chi connectivity index (χ1) is 9.74. The van der Waals surface area contributed by atoms with Crippen molar-refractivity contribution in [3.8, 4) is 0 Å². The summed E-state index contributed by atoms with van der Waals surface area (Å²) in [5.41, 5.74) is -0.396. The lowest BCUT2D eigenvalue weighted by molar-refractivity contribution is -0.145. The van der Waals surface area contributed by atoms with E-state index in [1.807, 2.05) is 0 Å². The molecule has 0 saturated carbocycles. The first-order valence-corrected chi connectivity index (χ1v) is 7.07. The molecule has 1 amide bonds. The Hall–Kier alpha value is -1.32. The summed E-state index contributed by atoms with van der Waals surface area (Å²) in [4.78, 5) is 24.7. The fraction of sp³-hybridized carbons (Fsp3) is 0.385. The maximum atomic E-state index is 12.6. The summed E-state index contributed by atoms with van der Waals surface area (Å²) in [6.45, 7) is 0.118. The summed E-state index contributed by atoms with van der Waals surface area (Å²) in [5.74, 6) is -1.38. The summed E-state index contributed by atoms with van der Waals surface area (Å²) in [5, 5.41) is 0. The van der Waals surface area contributed by atoms with Gasteiger partial charge in [0, 0.05) is 16.5 Å². The smallest absolute Gasteiger partial charge is 0.416 e. The van der Waals surface area contributed by atoms with E-state index < -0.39 is 23.6 Å². The zero-order valence-corrected chi connectivity index (χ0v) is 13.1. The number of ether oxygens (including phenoxy) is 1. The number of carbonyl (C=O) groups excluding carboxylic acids is 2. The van der Waals surface area contributed by atoms with Crippen molar-refractivity contribution in [1.82, 2.24) is 0 Å². The Morgan fingerprint density at radius 1 is 1.43 bits per heavy atom. The van der Waals surface area contributed by atoms with Gasteiger partial charge in [-0.25, -0.2) is 0 Å². The number of carbonyl (C=O) groups is 2. The van der Waals surface area contributed by atoms with Crippen LogP contribution in [0.3, 0.4) is 0 Å². The van der Waals surface area contributed by atoms with Crippen molar-refractivity contribution in [2.24, 2.45) is 5.92 Å². The van der Waals surface area contributed by atoms with Gasteiger partial charge in [0.1, 0.15) is 0 Å². The highest BCUT2D eigenvalue weighted by molar-refractivity contribution is 14.1. The molecule has 1 heterocycles. The van der Waals surface area contributed by atoms with Crippen molar-refractivity contribution in [1.29, 1.82) is 0 Å². The molecule has 0 spiro atoms. The molecule has 1 atom stereocenters. The summed E-state index contributed by atoms with van der Waals surface area (Å²) >= 11 is 1.75. The minimum absolute atomic E-state index is 0.00375. The Balaban J connectivity index is 2.27. The number of anilines is 1. The first kappa shape index (κ1) is 16.1. The van der Waals surface area contributed by atoms with E-state index in [-0.39, 0.29) is 18.9 Å². The second kappa shape index (κ2) is 5.82.